The molecule has 0 aliphatic carbocycles. The van der Waals surface area contributed by atoms with Crippen molar-refractivity contribution < 1.29 is 9.59 Å². The molecule has 27 heavy (non-hydrogen) atoms. The first-order chi connectivity index (χ1) is 12.9. The second kappa shape index (κ2) is 8.01. The molecule has 3 rings (SSSR count). The number of carbonyl (C=O) groups excluding carboxylic acids is 2. The van der Waals surface area contributed by atoms with E-state index in [4.69, 9.17) is 11.6 Å². The van der Waals surface area contributed by atoms with Crippen LogP contribution < -0.4 is 10.6 Å². The van der Waals surface area contributed by atoms with Crippen molar-refractivity contribution in [3.05, 3.63) is 82.5 Å². The smallest absolute Gasteiger partial charge is 0.257 e. The van der Waals surface area contributed by atoms with E-state index in [9.17, 15) is 9.59 Å². The number of pyridine rings is 1. The average molecular weight is 380 g/mol. The Balaban J connectivity index is 1.68. The lowest BCUT2D eigenvalue weighted by Crippen LogP contribution is -2.13. The normalized spacial score (nSPS) is 10.3. The molecule has 0 saturated carbocycles. The number of amides is 1. The van der Waals surface area contributed by atoms with Crippen LogP contribution in [-0.2, 0) is 0 Å². The Labute approximate surface area is 162 Å². The molecule has 0 atom stereocenters. The molecule has 1 heterocycles. The number of carbonyl (C=O) groups is 2. The molecule has 6 heteroatoms. The molecule has 136 valence electrons. The van der Waals surface area contributed by atoms with Gasteiger partial charge in [-0.2, -0.15) is 0 Å². The Hall–Kier alpha value is -3.18. The third-order valence-electron chi connectivity index (χ3n) is 4.11. The van der Waals surface area contributed by atoms with Gasteiger partial charge in [0.05, 0.1) is 5.56 Å². The maximum absolute atomic E-state index is 12.4. The number of rotatable bonds is 5. The third-order valence-corrected chi connectivity index (χ3v) is 4.51. The number of nitrogens with zero attached hydrogens (tertiary/aromatic N) is 1. The Morgan fingerprint density at radius 2 is 1.67 bits per heavy atom. The summed E-state index contributed by atoms with van der Waals surface area (Å²) in [6.07, 6.45) is 1.50. The van der Waals surface area contributed by atoms with Gasteiger partial charge in [-0.3, -0.25) is 9.59 Å². The molecule has 0 radical (unpaired) electrons. The predicted molar refractivity (Wildman–Crippen MR) is 108 cm³/mol. The van der Waals surface area contributed by atoms with E-state index in [1.807, 2.05) is 6.92 Å². The van der Waals surface area contributed by atoms with Crippen molar-refractivity contribution in [1.82, 2.24) is 4.98 Å². The number of ketones is 1. The zero-order chi connectivity index (χ0) is 19.4. The van der Waals surface area contributed by atoms with Crippen LogP contribution in [0.1, 0.15) is 33.2 Å². The van der Waals surface area contributed by atoms with Gasteiger partial charge >= 0.3 is 0 Å². The molecule has 5 nitrogen and oxygen atoms in total. The number of benzene rings is 2. The Kier molecular flexibility index (Phi) is 5.52. The maximum Gasteiger partial charge on any atom is 0.257 e. The fourth-order valence-electron chi connectivity index (χ4n) is 2.48. The van der Waals surface area contributed by atoms with Crippen molar-refractivity contribution in [2.24, 2.45) is 0 Å². The Bertz CT molecular complexity index is 983. The van der Waals surface area contributed by atoms with Gasteiger partial charge in [-0.25, -0.2) is 4.98 Å². The molecule has 0 aliphatic rings. The largest absolute Gasteiger partial charge is 0.340 e. The fourth-order valence-corrected chi connectivity index (χ4v) is 2.65. The summed E-state index contributed by atoms with van der Waals surface area (Å²) in [6.45, 7) is 3.37. The molecular formula is C21H18ClN3O2. The molecular weight excluding hydrogens is 362 g/mol. The minimum atomic E-state index is -0.259. The number of nitrogens with one attached hydrogen (secondary N) is 2. The van der Waals surface area contributed by atoms with Crippen LogP contribution in [0.15, 0.2) is 60.8 Å². The quantitative estimate of drug-likeness (QED) is 0.594. The van der Waals surface area contributed by atoms with E-state index in [1.165, 1.54) is 13.1 Å². The van der Waals surface area contributed by atoms with Crippen LogP contribution in [0.25, 0.3) is 0 Å². The maximum atomic E-state index is 12.4. The zero-order valence-corrected chi connectivity index (χ0v) is 15.7. The van der Waals surface area contributed by atoms with Crippen molar-refractivity contribution in [2.75, 3.05) is 10.6 Å². The van der Waals surface area contributed by atoms with Crippen molar-refractivity contribution in [3.63, 3.8) is 0 Å². The summed E-state index contributed by atoms with van der Waals surface area (Å²) in [4.78, 5) is 28.0. The summed E-state index contributed by atoms with van der Waals surface area (Å²) >= 11 is 6.08. The van der Waals surface area contributed by atoms with Crippen LogP contribution in [0.3, 0.4) is 0 Å². The summed E-state index contributed by atoms with van der Waals surface area (Å²) in [6, 6.07) is 15.9. The van der Waals surface area contributed by atoms with Crippen LogP contribution in [0.5, 0.6) is 0 Å². The van der Waals surface area contributed by atoms with Crippen LogP contribution >= 0.6 is 11.6 Å². The highest BCUT2D eigenvalue weighted by atomic mass is 35.5. The molecule has 0 unspecified atom stereocenters. The number of anilines is 3. The highest BCUT2D eigenvalue weighted by Crippen LogP contribution is 2.23. The number of hydrogen-bond acceptors (Lipinski definition) is 4. The summed E-state index contributed by atoms with van der Waals surface area (Å²) in [7, 11) is 0. The predicted octanol–water partition coefficient (Wildman–Crippen LogP) is 5.24. The number of Topliss-reactive ketones (excluding diaryl/α,β-unsaturated/α-hetero) is 1. The van der Waals surface area contributed by atoms with E-state index < -0.39 is 0 Å². The number of aromatic nitrogens is 1. The first-order valence-corrected chi connectivity index (χ1v) is 8.72. The molecule has 2 aromatic carbocycles. The van der Waals surface area contributed by atoms with Crippen molar-refractivity contribution in [3.8, 4) is 0 Å². The van der Waals surface area contributed by atoms with Crippen molar-refractivity contribution >= 4 is 40.5 Å². The zero-order valence-electron chi connectivity index (χ0n) is 14.9. The minimum Gasteiger partial charge on any atom is -0.340 e. The second-order valence-electron chi connectivity index (χ2n) is 6.06. The summed E-state index contributed by atoms with van der Waals surface area (Å²) in [5.41, 5.74) is 3.37. The fraction of sp³-hybridized carbons (Fsp3) is 0.0952. The molecule has 1 aromatic heterocycles. The molecule has 0 saturated heterocycles. The SMILES string of the molecule is CC(=O)c1ccc(Nc2ccc(C(=O)Nc3cccc(Cl)c3C)cn2)cc1. The van der Waals surface area contributed by atoms with E-state index >= 15 is 0 Å². The van der Waals surface area contributed by atoms with E-state index in [0.717, 1.165) is 11.3 Å². The Morgan fingerprint density at radius 1 is 0.963 bits per heavy atom. The van der Waals surface area contributed by atoms with Crippen LogP contribution in [0.2, 0.25) is 5.02 Å². The van der Waals surface area contributed by atoms with Crippen LogP contribution in [0.4, 0.5) is 17.2 Å². The van der Waals surface area contributed by atoms with Gasteiger partial charge in [0.25, 0.3) is 5.91 Å². The number of halogens is 1. The molecule has 1 amide bonds. The van der Waals surface area contributed by atoms with Gasteiger partial charge in [0, 0.05) is 28.2 Å². The van der Waals surface area contributed by atoms with Gasteiger partial charge in [0.1, 0.15) is 5.82 Å². The van der Waals surface area contributed by atoms with E-state index in [1.54, 1.807) is 54.6 Å². The van der Waals surface area contributed by atoms with E-state index in [0.29, 0.717) is 27.7 Å². The van der Waals surface area contributed by atoms with Gasteiger partial charge in [-0.1, -0.05) is 17.7 Å². The monoisotopic (exact) mass is 379 g/mol. The molecule has 3 aromatic rings. The molecule has 0 bridgehead atoms. The first-order valence-electron chi connectivity index (χ1n) is 8.34. The van der Waals surface area contributed by atoms with Gasteiger partial charge < -0.3 is 10.6 Å². The average Bonchev–Trinajstić information content (AvgIpc) is 2.66. The lowest BCUT2D eigenvalue weighted by molar-refractivity contribution is 0.101. The molecule has 0 fully saturated rings. The number of hydrogen-bond donors (Lipinski definition) is 2. The molecule has 0 spiro atoms. The van der Waals surface area contributed by atoms with Gasteiger partial charge in [0.2, 0.25) is 0 Å². The van der Waals surface area contributed by atoms with E-state index in [2.05, 4.69) is 15.6 Å². The second-order valence-corrected chi connectivity index (χ2v) is 6.46. The van der Waals surface area contributed by atoms with Crippen LogP contribution in [0, 0.1) is 6.92 Å². The summed E-state index contributed by atoms with van der Waals surface area (Å²) < 4.78 is 0. The van der Waals surface area contributed by atoms with Crippen molar-refractivity contribution in [1.29, 1.82) is 0 Å². The summed E-state index contributed by atoms with van der Waals surface area (Å²) in [5, 5.41) is 6.57. The highest BCUT2D eigenvalue weighted by molar-refractivity contribution is 6.31. The third kappa shape index (κ3) is 4.51. The van der Waals surface area contributed by atoms with Crippen molar-refractivity contribution in [2.45, 2.75) is 13.8 Å². The molecule has 2 N–H and O–H groups in total. The standard InChI is InChI=1S/C21H18ClN3O2/c1-13-18(22)4-3-5-19(13)25-21(27)16-8-11-20(23-12-16)24-17-9-6-15(7-10-17)14(2)26/h3-12H,1-2H3,(H,23,24)(H,25,27). The lowest BCUT2D eigenvalue weighted by Gasteiger charge is -2.10. The lowest BCUT2D eigenvalue weighted by atomic mass is 10.1. The van der Waals surface area contributed by atoms with Gasteiger partial charge in [-0.15, -0.1) is 0 Å². The van der Waals surface area contributed by atoms with Gasteiger partial charge in [0.15, 0.2) is 5.78 Å². The van der Waals surface area contributed by atoms with E-state index in [-0.39, 0.29) is 11.7 Å². The minimum absolute atomic E-state index is 0.0185. The first kappa shape index (κ1) is 18.6. The summed E-state index contributed by atoms with van der Waals surface area (Å²) in [5.74, 6) is 0.358. The van der Waals surface area contributed by atoms with Gasteiger partial charge in [-0.05, 0) is 67.9 Å². The highest BCUT2D eigenvalue weighted by Gasteiger charge is 2.10. The topological polar surface area (TPSA) is 71.1 Å². The molecule has 0 aliphatic heterocycles. The Morgan fingerprint density at radius 3 is 2.30 bits per heavy atom. The van der Waals surface area contributed by atoms with Crippen LogP contribution in [-0.4, -0.2) is 16.7 Å².